The number of aryl methyl sites for hydroxylation is 1. The lowest BCUT2D eigenvalue weighted by molar-refractivity contribution is 0.734. The van der Waals surface area contributed by atoms with Gasteiger partial charge in [-0.25, -0.2) is 0 Å². The Hall–Kier alpha value is -1.52. The van der Waals surface area contributed by atoms with Gasteiger partial charge in [0.15, 0.2) is 0 Å². The number of likely N-dealkylation sites (N-methyl/N-ethyl adjacent to an activating group) is 1. The quantitative estimate of drug-likeness (QED) is 0.886. The molecule has 18 heavy (non-hydrogen) atoms. The molecule has 0 aliphatic rings. The van der Waals surface area contributed by atoms with Gasteiger partial charge in [0.25, 0.3) is 5.56 Å². The van der Waals surface area contributed by atoms with Crippen molar-refractivity contribution in [2.24, 2.45) is 7.05 Å². The van der Waals surface area contributed by atoms with Gasteiger partial charge in [-0.1, -0.05) is 23.7 Å². The number of halogens is 1. The molecule has 0 atom stereocenters. The Labute approximate surface area is 111 Å². The SMILES string of the molecule is CNCCc1c(-c2ccc(Cl)cc2)[nH]n(C)c1=O. The van der Waals surface area contributed by atoms with Gasteiger partial charge in [0.1, 0.15) is 0 Å². The van der Waals surface area contributed by atoms with Crippen LogP contribution >= 0.6 is 11.6 Å². The third kappa shape index (κ3) is 2.49. The van der Waals surface area contributed by atoms with Crippen LogP contribution < -0.4 is 10.9 Å². The monoisotopic (exact) mass is 265 g/mol. The molecule has 0 bridgehead atoms. The molecule has 0 aliphatic heterocycles. The predicted octanol–water partition coefficient (Wildman–Crippen LogP) is 1.80. The Morgan fingerprint density at radius 1 is 1.33 bits per heavy atom. The second-order valence-electron chi connectivity index (χ2n) is 4.19. The van der Waals surface area contributed by atoms with E-state index in [1.165, 1.54) is 4.68 Å². The number of aromatic amines is 1. The zero-order chi connectivity index (χ0) is 13.1. The van der Waals surface area contributed by atoms with E-state index in [0.717, 1.165) is 23.4 Å². The highest BCUT2D eigenvalue weighted by molar-refractivity contribution is 6.30. The van der Waals surface area contributed by atoms with Crippen molar-refractivity contribution >= 4 is 11.6 Å². The lowest BCUT2D eigenvalue weighted by Gasteiger charge is -2.02. The smallest absolute Gasteiger partial charge is 0.270 e. The van der Waals surface area contributed by atoms with Crippen LogP contribution in [-0.4, -0.2) is 23.4 Å². The summed E-state index contributed by atoms with van der Waals surface area (Å²) < 4.78 is 1.51. The van der Waals surface area contributed by atoms with Crippen LogP contribution in [0.15, 0.2) is 29.1 Å². The number of nitrogens with one attached hydrogen (secondary N) is 2. The molecule has 1 aromatic carbocycles. The summed E-state index contributed by atoms with van der Waals surface area (Å²) in [6, 6.07) is 7.47. The second kappa shape index (κ2) is 5.42. The number of H-pyrrole nitrogens is 1. The minimum atomic E-state index is 0.0233. The van der Waals surface area contributed by atoms with Gasteiger partial charge in [-0.3, -0.25) is 14.6 Å². The number of hydrogen-bond acceptors (Lipinski definition) is 2. The van der Waals surface area contributed by atoms with Crippen LogP contribution in [0.5, 0.6) is 0 Å². The van der Waals surface area contributed by atoms with Crippen LogP contribution in [0.25, 0.3) is 11.3 Å². The minimum Gasteiger partial charge on any atom is -0.319 e. The van der Waals surface area contributed by atoms with Crippen molar-refractivity contribution in [1.82, 2.24) is 15.1 Å². The summed E-state index contributed by atoms with van der Waals surface area (Å²) in [7, 11) is 3.60. The Kier molecular flexibility index (Phi) is 3.89. The molecule has 2 rings (SSSR count). The Morgan fingerprint density at radius 2 is 2.00 bits per heavy atom. The molecule has 96 valence electrons. The van der Waals surface area contributed by atoms with Crippen molar-refractivity contribution < 1.29 is 0 Å². The van der Waals surface area contributed by atoms with Crippen molar-refractivity contribution in [3.63, 3.8) is 0 Å². The van der Waals surface area contributed by atoms with E-state index in [1.807, 2.05) is 31.3 Å². The first kappa shape index (κ1) is 12.9. The molecule has 1 aromatic heterocycles. The normalized spacial score (nSPS) is 10.8. The summed E-state index contributed by atoms with van der Waals surface area (Å²) in [6.45, 7) is 0.772. The molecule has 0 amide bonds. The summed E-state index contributed by atoms with van der Waals surface area (Å²) in [6.07, 6.45) is 0.699. The number of rotatable bonds is 4. The van der Waals surface area contributed by atoms with E-state index in [9.17, 15) is 4.79 Å². The average Bonchev–Trinajstić information content (AvgIpc) is 2.64. The van der Waals surface area contributed by atoms with E-state index in [-0.39, 0.29) is 5.56 Å². The van der Waals surface area contributed by atoms with Crippen molar-refractivity contribution in [2.45, 2.75) is 6.42 Å². The summed E-state index contributed by atoms with van der Waals surface area (Å²) in [5, 5.41) is 6.84. The zero-order valence-corrected chi connectivity index (χ0v) is 11.2. The minimum absolute atomic E-state index is 0.0233. The van der Waals surface area contributed by atoms with Crippen molar-refractivity contribution in [3.05, 3.63) is 45.2 Å². The molecule has 0 spiro atoms. The third-order valence-electron chi connectivity index (χ3n) is 2.90. The predicted molar refractivity (Wildman–Crippen MR) is 74.1 cm³/mol. The van der Waals surface area contributed by atoms with Crippen molar-refractivity contribution in [3.8, 4) is 11.3 Å². The van der Waals surface area contributed by atoms with Crippen LogP contribution in [0, 0.1) is 0 Å². The molecular weight excluding hydrogens is 250 g/mol. The van der Waals surface area contributed by atoms with Gasteiger partial charge < -0.3 is 5.32 Å². The van der Waals surface area contributed by atoms with E-state index >= 15 is 0 Å². The summed E-state index contributed by atoms with van der Waals surface area (Å²) in [5.41, 5.74) is 2.67. The summed E-state index contributed by atoms with van der Waals surface area (Å²) in [4.78, 5) is 12.0. The van der Waals surface area contributed by atoms with Crippen LogP contribution in [0.3, 0.4) is 0 Å². The molecule has 2 aromatic rings. The molecular formula is C13H16ClN3O. The maximum absolute atomic E-state index is 12.0. The first-order valence-electron chi connectivity index (χ1n) is 5.82. The molecule has 1 heterocycles. The summed E-state index contributed by atoms with van der Waals surface area (Å²) >= 11 is 5.87. The van der Waals surface area contributed by atoms with Gasteiger partial charge in [0.2, 0.25) is 0 Å². The standard InChI is InChI=1S/C13H16ClN3O/c1-15-8-7-11-12(16-17(2)13(11)18)9-3-5-10(14)6-4-9/h3-6,15-16H,7-8H2,1-2H3. The highest BCUT2D eigenvalue weighted by Gasteiger charge is 2.13. The Bertz CT molecular complexity index is 583. The molecule has 0 unspecified atom stereocenters. The maximum atomic E-state index is 12.0. The molecule has 0 radical (unpaired) electrons. The van der Waals surface area contributed by atoms with E-state index in [4.69, 9.17) is 11.6 Å². The maximum Gasteiger partial charge on any atom is 0.270 e. The number of aromatic nitrogens is 2. The number of hydrogen-bond donors (Lipinski definition) is 2. The first-order valence-corrected chi connectivity index (χ1v) is 6.19. The van der Waals surface area contributed by atoms with Gasteiger partial charge in [-0.2, -0.15) is 0 Å². The van der Waals surface area contributed by atoms with Crippen LogP contribution in [0.2, 0.25) is 5.02 Å². The van der Waals surface area contributed by atoms with Crippen LogP contribution in [0.4, 0.5) is 0 Å². The van der Waals surface area contributed by atoms with Gasteiger partial charge in [-0.05, 0) is 37.7 Å². The number of benzene rings is 1. The molecule has 4 nitrogen and oxygen atoms in total. The molecule has 2 N–H and O–H groups in total. The van der Waals surface area contributed by atoms with Gasteiger partial charge >= 0.3 is 0 Å². The lowest BCUT2D eigenvalue weighted by Crippen LogP contribution is -2.19. The van der Waals surface area contributed by atoms with Crippen molar-refractivity contribution in [1.29, 1.82) is 0 Å². The van der Waals surface area contributed by atoms with Crippen molar-refractivity contribution in [2.75, 3.05) is 13.6 Å². The summed E-state index contributed by atoms with van der Waals surface area (Å²) in [5.74, 6) is 0. The van der Waals surface area contributed by atoms with Gasteiger partial charge in [0, 0.05) is 17.6 Å². The van der Waals surface area contributed by atoms with E-state index in [2.05, 4.69) is 10.4 Å². The topological polar surface area (TPSA) is 49.8 Å². The molecule has 0 saturated heterocycles. The second-order valence-corrected chi connectivity index (χ2v) is 4.63. The third-order valence-corrected chi connectivity index (χ3v) is 3.15. The highest BCUT2D eigenvalue weighted by Crippen LogP contribution is 2.21. The van der Waals surface area contributed by atoms with Crippen LogP contribution in [0.1, 0.15) is 5.56 Å². The molecule has 0 saturated carbocycles. The zero-order valence-electron chi connectivity index (χ0n) is 10.5. The largest absolute Gasteiger partial charge is 0.319 e. The fourth-order valence-electron chi connectivity index (χ4n) is 1.93. The fraction of sp³-hybridized carbons (Fsp3) is 0.308. The Morgan fingerprint density at radius 3 is 2.61 bits per heavy atom. The highest BCUT2D eigenvalue weighted by atomic mass is 35.5. The fourth-order valence-corrected chi connectivity index (χ4v) is 2.06. The first-order chi connectivity index (χ1) is 8.63. The van der Waals surface area contributed by atoms with E-state index < -0.39 is 0 Å². The van der Waals surface area contributed by atoms with Gasteiger partial charge in [0.05, 0.1) is 5.69 Å². The van der Waals surface area contributed by atoms with E-state index in [0.29, 0.717) is 11.4 Å². The average molecular weight is 266 g/mol. The Balaban J connectivity index is 2.46. The molecule has 0 fully saturated rings. The number of nitrogens with zero attached hydrogens (tertiary/aromatic N) is 1. The molecule has 0 aliphatic carbocycles. The lowest BCUT2D eigenvalue weighted by atomic mass is 10.1. The van der Waals surface area contributed by atoms with Crippen LogP contribution in [-0.2, 0) is 13.5 Å². The van der Waals surface area contributed by atoms with E-state index in [1.54, 1.807) is 7.05 Å². The van der Waals surface area contributed by atoms with Gasteiger partial charge in [-0.15, -0.1) is 0 Å². The molecule has 5 heteroatoms.